The Balaban J connectivity index is 2.08. The molecule has 1 heterocycles. The van der Waals surface area contributed by atoms with Gasteiger partial charge >= 0.3 is 0 Å². The molecule has 1 aromatic carbocycles. The summed E-state index contributed by atoms with van der Waals surface area (Å²) < 4.78 is 19.0. The van der Waals surface area contributed by atoms with Crippen molar-refractivity contribution in [2.75, 3.05) is 6.61 Å². The lowest BCUT2D eigenvalue weighted by atomic mass is 10.0. The van der Waals surface area contributed by atoms with Crippen molar-refractivity contribution >= 4 is 11.8 Å². The van der Waals surface area contributed by atoms with Gasteiger partial charge in [0.15, 0.2) is 6.17 Å². The van der Waals surface area contributed by atoms with Gasteiger partial charge in [-0.05, 0) is 12.1 Å². The fourth-order valence-corrected chi connectivity index (χ4v) is 2.84. The Morgan fingerprint density at radius 2 is 1.83 bits per heavy atom. The minimum absolute atomic E-state index is 0.486. The van der Waals surface area contributed by atoms with Crippen LogP contribution in [0.1, 0.15) is 0 Å². The van der Waals surface area contributed by atoms with Crippen LogP contribution in [0.15, 0.2) is 35.2 Å². The van der Waals surface area contributed by atoms with E-state index in [-0.39, 0.29) is 0 Å². The summed E-state index contributed by atoms with van der Waals surface area (Å²) in [6.45, 7) is -0.486. The molecule has 2 rings (SSSR count). The van der Waals surface area contributed by atoms with Crippen molar-refractivity contribution in [2.45, 2.75) is 34.8 Å². The lowest BCUT2D eigenvalue weighted by Gasteiger charge is -2.38. The number of hydrogen-bond acceptors (Lipinski definition) is 5. The van der Waals surface area contributed by atoms with E-state index in [1.165, 1.54) is 0 Å². The van der Waals surface area contributed by atoms with E-state index in [0.717, 1.165) is 16.7 Å². The number of aliphatic hydroxyl groups excluding tert-OH is 3. The highest BCUT2D eigenvalue weighted by atomic mass is 32.2. The Kier molecular flexibility index (Phi) is 4.58. The highest BCUT2D eigenvalue weighted by Crippen LogP contribution is 2.34. The smallest absolute Gasteiger partial charge is 0.158 e. The van der Waals surface area contributed by atoms with Crippen LogP contribution in [0.2, 0.25) is 0 Å². The van der Waals surface area contributed by atoms with Crippen LogP contribution in [-0.2, 0) is 4.74 Å². The summed E-state index contributed by atoms with van der Waals surface area (Å²) in [7, 11) is 0. The van der Waals surface area contributed by atoms with Crippen LogP contribution in [0, 0.1) is 0 Å². The second kappa shape index (κ2) is 5.99. The van der Waals surface area contributed by atoms with E-state index in [0.29, 0.717) is 0 Å². The van der Waals surface area contributed by atoms with Crippen molar-refractivity contribution < 1.29 is 24.4 Å². The summed E-state index contributed by atoms with van der Waals surface area (Å²) in [4.78, 5) is 0.821. The maximum atomic E-state index is 13.7. The van der Waals surface area contributed by atoms with E-state index in [9.17, 15) is 14.6 Å². The van der Waals surface area contributed by atoms with E-state index in [1.807, 2.05) is 30.3 Å². The number of benzene rings is 1. The van der Waals surface area contributed by atoms with Gasteiger partial charge in [0.1, 0.15) is 23.7 Å². The predicted octanol–water partition coefficient (Wildman–Crippen LogP) is 0.556. The first kappa shape index (κ1) is 13.8. The van der Waals surface area contributed by atoms with Gasteiger partial charge in [-0.25, -0.2) is 4.39 Å². The first-order valence-corrected chi connectivity index (χ1v) is 6.49. The lowest BCUT2D eigenvalue weighted by Crippen LogP contribution is -2.55. The van der Waals surface area contributed by atoms with Crippen LogP contribution in [0.5, 0.6) is 0 Å². The van der Waals surface area contributed by atoms with Crippen LogP contribution in [0.4, 0.5) is 4.39 Å². The summed E-state index contributed by atoms with van der Waals surface area (Å²) >= 11 is 1.16. The summed E-state index contributed by atoms with van der Waals surface area (Å²) in [6.07, 6.45) is -5.76. The minimum Gasteiger partial charge on any atom is -0.394 e. The molecule has 100 valence electrons. The van der Waals surface area contributed by atoms with Gasteiger partial charge in [0.2, 0.25) is 0 Å². The molecule has 5 atom stereocenters. The number of ether oxygens (including phenoxy) is 1. The molecule has 1 aliphatic heterocycles. The zero-order chi connectivity index (χ0) is 13.1. The molecule has 0 aliphatic carbocycles. The van der Waals surface area contributed by atoms with Gasteiger partial charge in [-0.3, -0.25) is 0 Å². The van der Waals surface area contributed by atoms with Gasteiger partial charge in [-0.1, -0.05) is 30.0 Å². The van der Waals surface area contributed by atoms with Gasteiger partial charge in [0, 0.05) is 4.90 Å². The number of halogens is 1. The van der Waals surface area contributed by atoms with Crippen molar-refractivity contribution in [1.82, 2.24) is 0 Å². The number of thioether (sulfide) groups is 1. The Hall–Kier alpha value is -0.660. The molecule has 18 heavy (non-hydrogen) atoms. The van der Waals surface area contributed by atoms with Crippen molar-refractivity contribution in [3.63, 3.8) is 0 Å². The molecule has 0 bridgehead atoms. The van der Waals surface area contributed by atoms with E-state index >= 15 is 0 Å². The molecule has 1 fully saturated rings. The van der Waals surface area contributed by atoms with Gasteiger partial charge in [-0.2, -0.15) is 0 Å². The molecule has 0 aromatic heterocycles. The Labute approximate surface area is 108 Å². The molecular formula is C12H15FO4S. The lowest BCUT2D eigenvalue weighted by molar-refractivity contribution is -0.186. The largest absolute Gasteiger partial charge is 0.394 e. The monoisotopic (exact) mass is 274 g/mol. The molecule has 4 nitrogen and oxygen atoms in total. The quantitative estimate of drug-likeness (QED) is 0.751. The van der Waals surface area contributed by atoms with Crippen molar-refractivity contribution in [1.29, 1.82) is 0 Å². The molecule has 1 aromatic rings. The second-order valence-electron chi connectivity index (χ2n) is 4.08. The molecule has 1 saturated heterocycles. The molecule has 1 unspecified atom stereocenters. The van der Waals surface area contributed by atoms with Gasteiger partial charge in [0.05, 0.1) is 6.61 Å². The number of alkyl halides is 1. The molecule has 0 saturated carbocycles. The Bertz CT molecular complexity index is 376. The van der Waals surface area contributed by atoms with Crippen LogP contribution in [0.3, 0.4) is 0 Å². The average molecular weight is 274 g/mol. The molecule has 1 aliphatic rings. The van der Waals surface area contributed by atoms with Crippen LogP contribution >= 0.6 is 11.8 Å². The molecule has 6 heteroatoms. The van der Waals surface area contributed by atoms with Crippen LogP contribution < -0.4 is 0 Å². The maximum absolute atomic E-state index is 13.7. The third-order valence-corrected chi connectivity index (χ3v) is 3.96. The summed E-state index contributed by atoms with van der Waals surface area (Å²) in [5.41, 5.74) is -0.844. The fraction of sp³-hybridized carbons (Fsp3) is 0.500. The van der Waals surface area contributed by atoms with E-state index in [2.05, 4.69) is 0 Å². The third-order valence-electron chi connectivity index (χ3n) is 2.80. The topological polar surface area (TPSA) is 69.9 Å². The number of hydrogen-bond donors (Lipinski definition) is 3. The fourth-order valence-electron chi connectivity index (χ4n) is 1.77. The van der Waals surface area contributed by atoms with Gasteiger partial charge in [0.25, 0.3) is 0 Å². The van der Waals surface area contributed by atoms with Crippen molar-refractivity contribution in [3.05, 3.63) is 30.3 Å². The first-order valence-electron chi connectivity index (χ1n) is 5.61. The van der Waals surface area contributed by atoms with Gasteiger partial charge in [-0.15, -0.1) is 0 Å². The zero-order valence-corrected chi connectivity index (χ0v) is 10.3. The van der Waals surface area contributed by atoms with Crippen LogP contribution in [0.25, 0.3) is 0 Å². The Morgan fingerprint density at radius 3 is 2.44 bits per heavy atom. The normalized spacial score (nSPS) is 36.6. The summed E-state index contributed by atoms with van der Waals surface area (Å²) in [6, 6.07) is 9.12. The minimum atomic E-state index is -1.82. The highest BCUT2D eigenvalue weighted by Gasteiger charge is 2.44. The maximum Gasteiger partial charge on any atom is 0.158 e. The third kappa shape index (κ3) is 2.84. The van der Waals surface area contributed by atoms with Crippen LogP contribution in [-0.4, -0.2) is 51.8 Å². The first-order chi connectivity index (χ1) is 8.63. The number of aliphatic hydroxyl groups is 3. The highest BCUT2D eigenvalue weighted by molar-refractivity contribution is 7.99. The van der Waals surface area contributed by atoms with Crippen molar-refractivity contribution in [3.8, 4) is 0 Å². The summed E-state index contributed by atoms with van der Waals surface area (Å²) in [5, 5.41) is 28.2. The average Bonchev–Trinajstić information content (AvgIpc) is 2.40. The van der Waals surface area contributed by atoms with E-state index in [4.69, 9.17) is 9.84 Å². The molecule has 0 radical (unpaired) electrons. The van der Waals surface area contributed by atoms with Gasteiger partial charge < -0.3 is 20.1 Å². The van der Waals surface area contributed by atoms with E-state index in [1.54, 1.807) is 0 Å². The Morgan fingerprint density at radius 1 is 1.17 bits per heavy atom. The summed E-state index contributed by atoms with van der Waals surface area (Å²) in [5.74, 6) is 0. The molecule has 0 amide bonds. The molecule has 0 spiro atoms. The molecular weight excluding hydrogens is 259 g/mol. The second-order valence-corrected chi connectivity index (χ2v) is 5.25. The van der Waals surface area contributed by atoms with E-state index < -0.39 is 36.5 Å². The number of rotatable bonds is 3. The SMILES string of the molecule is OC[C@H]1OC(Sc2ccccc2)[C@H](O)[C@H](F)[C@@H]1O. The standard InChI is InChI=1S/C12H15FO4S/c13-9-10(15)8(6-14)17-12(11(9)16)18-7-4-2-1-3-5-7/h1-5,8-12,14-16H,6H2/t8-,9-,10-,11-,12?/m1/s1. The molecule has 3 N–H and O–H groups in total. The van der Waals surface area contributed by atoms with Crippen molar-refractivity contribution in [2.24, 2.45) is 0 Å². The predicted molar refractivity (Wildman–Crippen MR) is 65.0 cm³/mol. The zero-order valence-electron chi connectivity index (χ0n) is 9.52.